The van der Waals surface area contributed by atoms with Crippen molar-refractivity contribution >= 4 is 46.4 Å². The Kier molecular flexibility index (Phi) is 6.93. The van der Waals surface area contributed by atoms with Crippen LogP contribution in [0.5, 0.6) is 0 Å². The molecule has 2 aromatic carbocycles. The van der Waals surface area contributed by atoms with E-state index < -0.39 is 0 Å². The highest BCUT2D eigenvalue weighted by Gasteiger charge is 2.49. The van der Waals surface area contributed by atoms with E-state index >= 15 is 0 Å². The Labute approximate surface area is 300 Å². The lowest BCUT2D eigenvalue weighted by molar-refractivity contribution is -0.121. The fourth-order valence-corrected chi connectivity index (χ4v) is 9.12. The summed E-state index contributed by atoms with van der Waals surface area (Å²) in [6.07, 6.45) is 14.8. The molecule has 3 aliphatic carbocycles. The fraction of sp³-hybridized carbons (Fsp3) is 0.350. The molecule has 0 radical (unpaired) electrons. The number of nitrogen functional groups attached to an aromatic ring is 1. The summed E-state index contributed by atoms with van der Waals surface area (Å²) in [7, 11) is 0. The van der Waals surface area contributed by atoms with Gasteiger partial charge in [-0.15, -0.1) is 20.4 Å². The number of carbonyl (C=O) groups excluding carboxylic acids is 2. The minimum Gasteiger partial charge on any atom is -0.368 e. The summed E-state index contributed by atoms with van der Waals surface area (Å²) in [4.78, 5) is 25.3. The first-order chi connectivity index (χ1) is 25.4. The number of pyridine rings is 2. The Morgan fingerprint density at radius 3 is 1.77 bits per heavy atom. The lowest BCUT2D eigenvalue weighted by atomic mass is 9.80. The summed E-state index contributed by atoms with van der Waals surface area (Å²) >= 11 is 0. The monoisotopic (exact) mass is 692 g/mol. The average molecular weight is 693 g/mol. The number of carbonyl (C=O) groups is 2. The van der Waals surface area contributed by atoms with Crippen LogP contribution in [0.25, 0.3) is 33.5 Å². The Balaban J connectivity index is 0.000000132. The van der Waals surface area contributed by atoms with Crippen molar-refractivity contribution < 1.29 is 9.59 Å². The van der Waals surface area contributed by atoms with Crippen molar-refractivity contribution in [2.24, 2.45) is 5.92 Å². The van der Waals surface area contributed by atoms with Crippen LogP contribution in [0.15, 0.2) is 73.1 Å². The summed E-state index contributed by atoms with van der Waals surface area (Å²) in [6.45, 7) is 0.956. The summed E-state index contributed by atoms with van der Waals surface area (Å²) in [5.74, 6) is 2.26. The number of aromatic nitrogens is 6. The molecule has 11 rings (SSSR count). The van der Waals surface area contributed by atoms with E-state index in [1.807, 2.05) is 41.1 Å². The van der Waals surface area contributed by atoms with Crippen molar-refractivity contribution in [3.05, 3.63) is 84.2 Å². The van der Waals surface area contributed by atoms with Gasteiger partial charge in [-0.25, -0.2) is 0 Å². The largest absolute Gasteiger partial charge is 0.368 e. The molecule has 0 unspecified atom stereocenters. The maximum atomic E-state index is 12.7. The lowest BCUT2D eigenvalue weighted by Crippen LogP contribution is -2.30. The number of nitrogens with zero attached hydrogens (tertiary/aromatic N) is 6. The summed E-state index contributed by atoms with van der Waals surface area (Å²) in [5, 5.41) is 26.6. The van der Waals surface area contributed by atoms with Gasteiger partial charge in [0.2, 0.25) is 23.7 Å². The Hall–Kier alpha value is -5.78. The highest BCUT2D eigenvalue weighted by atomic mass is 16.2. The van der Waals surface area contributed by atoms with E-state index in [0.717, 1.165) is 120 Å². The van der Waals surface area contributed by atoms with Gasteiger partial charge in [0.1, 0.15) is 0 Å². The van der Waals surface area contributed by atoms with Gasteiger partial charge in [0.25, 0.3) is 0 Å². The van der Waals surface area contributed by atoms with Gasteiger partial charge < -0.3 is 21.7 Å². The predicted molar refractivity (Wildman–Crippen MR) is 200 cm³/mol. The molecule has 2 amide bonds. The third kappa shape index (κ3) is 4.72. The van der Waals surface area contributed by atoms with Crippen LogP contribution in [0, 0.1) is 5.92 Å². The summed E-state index contributed by atoms with van der Waals surface area (Å²) < 4.78 is 3.78. The minimum atomic E-state index is -0.306. The highest BCUT2D eigenvalue weighted by Crippen LogP contribution is 2.51. The third-order valence-corrected chi connectivity index (χ3v) is 12.1. The van der Waals surface area contributed by atoms with Crippen LogP contribution in [-0.4, -0.2) is 47.6 Å². The molecule has 4 aromatic heterocycles. The molecule has 5 N–H and O–H groups in total. The van der Waals surface area contributed by atoms with E-state index in [4.69, 9.17) is 5.73 Å². The Bertz CT molecular complexity index is 2410. The van der Waals surface area contributed by atoms with Gasteiger partial charge in [-0.3, -0.25) is 18.4 Å². The van der Waals surface area contributed by atoms with Crippen molar-refractivity contribution in [3.8, 4) is 22.3 Å². The molecule has 12 nitrogen and oxygen atoms in total. The van der Waals surface area contributed by atoms with E-state index in [9.17, 15) is 9.59 Å². The predicted octanol–water partition coefficient (Wildman–Crippen LogP) is 6.72. The van der Waals surface area contributed by atoms with Crippen LogP contribution in [0.2, 0.25) is 0 Å². The molecule has 2 spiro atoms. The molecular formula is C40H40N10O2. The third-order valence-electron chi connectivity index (χ3n) is 12.1. The van der Waals surface area contributed by atoms with Crippen LogP contribution in [0.1, 0.15) is 75.3 Å². The van der Waals surface area contributed by atoms with E-state index in [1.54, 1.807) is 4.40 Å². The zero-order chi connectivity index (χ0) is 35.0. The Morgan fingerprint density at radius 1 is 0.692 bits per heavy atom. The average Bonchev–Trinajstić information content (AvgIpc) is 3.73. The normalized spacial score (nSPS) is 19.2. The van der Waals surface area contributed by atoms with Crippen LogP contribution in [0.3, 0.4) is 0 Å². The molecule has 3 saturated carbocycles. The number of hydrogen-bond acceptors (Lipinski definition) is 8. The van der Waals surface area contributed by atoms with Gasteiger partial charge in [0, 0.05) is 41.4 Å². The van der Waals surface area contributed by atoms with Gasteiger partial charge in [-0.2, -0.15) is 0 Å². The molecule has 3 fully saturated rings. The first kappa shape index (κ1) is 31.0. The molecule has 0 saturated heterocycles. The number of amides is 2. The summed E-state index contributed by atoms with van der Waals surface area (Å²) in [6, 6.07) is 20.6. The fourth-order valence-electron chi connectivity index (χ4n) is 9.12. The van der Waals surface area contributed by atoms with Gasteiger partial charge in [-0.1, -0.05) is 49.9 Å². The van der Waals surface area contributed by atoms with Crippen molar-refractivity contribution in [2.75, 3.05) is 28.2 Å². The van der Waals surface area contributed by atoms with Crippen molar-refractivity contribution in [1.29, 1.82) is 0 Å². The molecule has 5 aliphatic rings. The van der Waals surface area contributed by atoms with E-state index in [-0.39, 0.29) is 22.6 Å². The maximum absolute atomic E-state index is 12.7. The number of anilines is 4. The molecule has 12 heteroatoms. The van der Waals surface area contributed by atoms with Crippen LogP contribution in [-0.2, 0) is 20.4 Å². The van der Waals surface area contributed by atoms with Crippen molar-refractivity contribution in [1.82, 2.24) is 29.2 Å². The van der Waals surface area contributed by atoms with Gasteiger partial charge in [0.05, 0.1) is 10.8 Å². The molecule has 6 heterocycles. The van der Waals surface area contributed by atoms with E-state index in [2.05, 4.69) is 72.7 Å². The van der Waals surface area contributed by atoms with Crippen LogP contribution < -0.4 is 21.7 Å². The van der Waals surface area contributed by atoms with E-state index in [0.29, 0.717) is 5.95 Å². The number of fused-ring (bicyclic) bond motifs is 6. The SMILES string of the molecule is Nc1nnc2c(-c3ccc4c(c3)NC(=O)C43CCCC3)cccn12.O=C1Nc2cc(-c3cccn4c(NCC5CC5)nnc34)ccc2C12CCCC2. The molecule has 2 aliphatic heterocycles. The second kappa shape index (κ2) is 11.6. The minimum absolute atomic E-state index is 0.150. The quantitative estimate of drug-likeness (QED) is 0.155. The second-order valence-corrected chi connectivity index (χ2v) is 15.1. The van der Waals surface area contributed by atoms with Gasteiger partial charge in [-0.05, 0) is 103 Å². The van der Waals surface area contributed by atoms with Crippen LogP contribution in [0.4, 0.5) is 23.3 Å². The molecule has 262 valence electrons. The maximum Gasteiger partial charge on any atom is 0.235 e. The zero-order valence-corrected chi connectivity index (χ0v) is 28.9. The van der Waals surface area contributed by atoms with E-state index in [1.165, 1.54) is 18.4 Å². The zero-order valence-electron chi connectivity index (χ0n) is 28.9. The van der Waals surface area contributed by atoms with Crippen LogP contribution >= 0.6 is 0 Å². The van der Waals surface area contributed by atoms with Gasteiger partial charge in [0.15, 0.2) is 11.3 Å². The standard InChI is InChI=1S/C22H23N5O.C18H17N5O/c28-20-22(9-1-2-10-22)17-8-7-15(12-18(17)24-20)16-4-3-11-27-19(16)25-26-21(27)23-13-14-5-6-14;19-17-22-21-15-12(4-3-9-23(15)17)11-5-6-13-14(10-11)20-16(24)18(13)7-1-2-8-18/h3-4,7-8,11-12,14H,1-2,5-6,9-10,13H2,(H,23,26)(H,24,28);3-6,9-10H,1-2,7-8H2,(H2,19,22)(H,20,24). The molecule has 0 atom stereocenters. The topological polar surface area (TPSA) is 157 Å². The first-order valence-corrected chi connectivity index (χ1v) is 18.5. The highest BCUT2D eigenvalue weighted by molar-refractivity contribution is 6.08. The number of nitrogens with one attached hydrogen (secondary N) is 3. The van der Waals surface area contributed by atoms with Gasteiger partial charge >= 0.3 is 0 Å². The van der Waals surface area contributed by atoms with Crippen molar-refractivity contribution in [3.63, 3.8) is 0 Å². The smallest absolute Gasteiger partial charge is 0.235 e. The first-order valence-electron chi connectivity index (χ1n) is 18.5. The van der Waals surface area contributed by atoms with Crippen molar-refractivity contribution in [2.45, 2.75) is 75.0 Å². The lowest BCUT2D eigenvalue weighted by Gasteiger charge is -2.20. The molecule has 0 bridgehead atoms. The summed E-state index contributed by atoms with van der Waals surface area (Å²) in [5.41, 5.74) is 15.0. The molecule has 52 heavy (non-hydrogen) atoms. The number of nitrogens with two attached hydrogens (primary N) is 1. The second-order valence-electron chi connectivity index (χ2n) is 15.1. The molecular weight excluding hydrogens is 653 g/mol. The molecule has 6 aromatic rings. The Morgan fingerprint density at radius 2 is 1.21 bits per heavy atom. The number of hydrogen-bond donors (Lipinski definition) is 4. The number of benzene rings is 2. The number of rotatable bonds is 5.